The van der Waals surface area contributed by atoms with E-state index in [0.717, 1.165) is 19.3 Å². The van der Waals surface area contributed by atoms with Gasteiger partial charge in [-0.2, -0.15) is 0 Å². The number of fused-ring (bicyclic) bond motifs is 3. The highest BCUT2D eigenvalue weighted by Crippen LogP contribution is 2.55. The highest BCUT2D eigenvalue weighted by molar-refractivity contribution is 6.68. The van der Waals surface area contributed by atoms with Crippen LogP contribution in [0.3, 0.4) is 0 Å². The van der Waals surface area contributed by atoms with Crippen LogP contribution >= 0.6 is 0 Å². The zero-order valence-corrected chi connectivity index (χ0v) is 22.7. The highest BCUT2D eigenvalue weighted by atomic mass is 16.5. The second-order valence-electron chi connectivity index (χ2n) is 11.6. The molecule has 2 aliphatic carbocycles. The fourth-order valence-electron chi connectivity index (χ4n) is 6.98. The van der Waals surface area contributed by atoms with Gasteiger partial charge in [0.25, 0.3) is 0 Å². The number of carbonyl (C=O) groups excluding carboxylic acids is 4. The molecule has 4 aliphatic rings. The molecule has 0 aromatic heterocycles. The number of rotatable bonds is 7. The minimum absolute atomic E-state index is 0.146. The maximum atomic E-state index is 12.3. The Balaban J connectivity index is 1.06. The first-order chi connectivity index (χ1) is 19.6. The summed E-state index contributed by atoms with van der Waals surface area (Å²) < 4.78 is 22.2. The van der Waals surface area contributed by atoms with Gasteiger partial charge >= 0.3 is 11.9 Å². The predicted molar refractivity (Wildman–Crippen MR) is 145 cm³/mol. The maximum absolute atomic E-state index is 12.3. The third-order valence-electron chi connectivity index (χ3n) is 9.07. The average molecular weight is 559 g/mol. The Hall–Kier alpha value is -4.34. The molecule has 41 heavy (non-hydrogen) atoms. The topological polar surface area (TPSA) is 153 Å². The van der Waals surface area contributed by atoms with Gasteiger partial charge in [-0.05, 0) is 91.2 Å². The van der Waals surface area contributed by atoms with Crippen molar-refractivity contribution in [2.75, 3.05) is 13.2 Å². The van der Waals surface area contributed by atoms with Gasteiger partial charge in [0.15, 0.2) is 11.4 Å². The number of hydrogen-bond acceptors (Lipinski definition) is 10. The first-order valence-electron chi connectivity index (χ1n) is 13.8. The minimum Gasteiger partial charge on any atom is -0.493 e. The number of ether oxygens (including phenoxy) is 4. The van der Waals surface area contributed by atoms with E-state index in [0.29, 0.717) is 54.3 Å². The summed E-state index contributed by atoms with van der Waals surface area (Å²) in [5, 5.41) is 15.2. The van der Waals surface area contributed by atoms with E-state index in [2.05, 4.69) is 13.8 Å². The second-order valence-corrected chi connectivity index (χ2v) is 11.6. The van der Waals surface area contributed by atoms with Crippen LogP contribution in [0.1, 0.15) is 53.8 Å². The van der Waals surface area contributed by atoms with Crippen LogP contribution in [0.25, 0.3) is 0 Å². The molecule has 212 valence electrons. The van der Waals surface area contributed by atoms with E-state index in [1.165, 1.54) is 18.2 Å². The standard InChI is InChI=1S/C31H30N2O8/c1-14-7-19(15(2)12-38-17-3-5-24-22(10-17)28(34)26(32)30(36)40-24)21-9-16(8-20(14)21)13-39-18-4-6-25-23(11-18)29(35)27(33)31(37)41-25/h3-6,10-11,14-16,19-21,32-33H,7-9,12-13H2,1-2H3. The molecule has 6 atom stereocenters. The van der Waals surface area contributed by atoms with Crippen molar-refractivity contribution in [3.63, 3.8) is 0 Å². The summed E-state index contributed by atoms with van der Waals surface area (Å²) in [6.07, 6.45) is 3.23. The quantitative estimate of drug-likeness (QED) is 0.376. The zero-order valence-electron chi connectivity index (χ0n) is 22.7. The van der Waals surface area contributed by atoms with Gasteiger partial charge in [-0.3, -0.25) is 20.4 Å². The van der Waals surface area contributed by atoms with Crippen molar-refractivity contribution in [1.82, 2.24) is 0 Å². The Bertz CT molecular complexity index is 1510. The molecule has 2 fully saturated rings. The molecule has 2 N–H and O–H groups in total. The molecule has 10 heteroatoms. The molecule has 0 spiro atoms. The number of nitrogens with one attached hydrogen (secondary N) is 2. The fourth-order valence-corrected chi connectivity index (χ4v) is 6.98. The molecular formula is C31H30N2O8. The third-order valence-corrected chi connectivity index (χ3v) is 9.07. The van der Waals surface area contributed by atoms with E-state index >= 15 is 0 Å². The van der Waals surface area contributed by atoms with Crippen LogP contribution in [0.5, 0.6) is 23.0 Å². The van der Waals surface area contributed by atoms with Crippen molar-refractivity contribution in [1.29, 1.82) is 10.8 Å². The SMILES string of the molecule is CC1CC(C(C)COc2ccc3c(c2)C(=O)C(=N)C(=O)O3)C2CC(COc3ccc4c(c3)C(=O)C(=N)C(=O)O4)CC12. The first kappa shape index (κ1) is 26.9. The number of ketones is 2. The first-order valence-corrected chi connectivity index (χ1v) is 13.8. The Morgan fingerprint density at radius 1 is 0.805 bits per heavy atom. The molecule has 6 unspecified atom stereocenters. The lowest BCUT2D eigenvalue weighted by Crippen LogP contribution is -2.33. The van der Waals surface area contributed by atoms with Gasteiger partial charge in [0, 0.05) is 0 Å². The van der Waals surface area contributed by atoms with Crippen LogP contribution in [-0.2, 0) is 9.59 Å². The van der Waals surface area contributed by atoms with Gasteiger partial charge in [-0.15, -0.1) is 0 Å². The molecular weight excluding hydrogens is 528 g/mol. The zero-order chi connectivity index (χ0) is 29.0. The molecule has 2 aromatic rings. The van der Waals surface area contributed by atoms with Gasteiger partial charge in [-0.1, -0.05) is 13.8 Å². The highest BCUT2D eigenvalue weighted by Gasteiger charge is 2.48. The monoisotopic (exact) mass is 558 g/mol. The molecule has 0 bridgehead atoms. The number of esters is 2. The van der Waals surface area contributed by atoms with Crippen molar-refractivity contribution in [2.24, 2.45) is 35.5 Å². The number of hydrogen-bond donors (Lipinski definition) is 2. The van der Waals surface area contributed by atoms with Crippen LogP contribution in [0.15, 0.2) is 36.4 Å². The van der Waals surface area contributed by atoms with Crippen molar-refractivity contribution >= 4 is 34.9 Å². The van der Waals surface area contributed by atoms with Crippen molar-refractivity contribution < 1.29 is 38.1 Å². The lowest BCUT2D eigenvalue weighted by molar-refractivity contribution is -0.128. The van der Waals surface area contributed by atoms with E-state index in [1.807, 2.05) is 0 Å². The number of Topliss-reactive ketones (excluding diaryl/α,β-unsaturated/α-hetero) is 2. The summed E-state index contributed by atoms with van der Waals surface area (Å²) in [5.74, 6) is 0.974. The number of benzene rings is 2. The van der Waals surface area contributed by atoms with E-state index in [-0.39, 0.29) is 28.5 Å². The summed E-state index contributed by atoms with van der Waals surface area (Å²) in [4.78, 5) is 47.9. The lowest BCUT2D eigenvalue weighted by atomic mass is 9.83. The second kappa shape index (κ2) is 10.2. The van der Waals surface area contributed by atoms with E-state index in [9.17, 15) is 19.2 Å². The molecule has 2 aliphatic heterocycles. The fraction of sp³-hybridized carbons (Fsp3) is 0.419. The van der Waals surface area contributed by atoms with E-state index in [1.54, 1.807) is 18.2 Å². The van der Waals surface area contributed by atoms with Crippen molar-refractivity contribution in [3.8, 4) is 23.0 Å². The van der Waals surface area contributed by atoms with Gasteiger partial charge in [0.05, 0.1) is 24.3 Å². The van der Waals surface area contributed by atoms with Gasteiger partial charge < -0.3 is 18.9 Å². The molecule has 6 rings (SSSR count). The molecule has 10 nitrogen and oxygen atoms in total. The van der Waals surface area contributed by atoms with Crippen LogP contribution in [-0.4, -0.2) is 48.1 Å². The van der Waals surface area contributed by atoms with Crippen molar-refractivity contribution in [2.45, 2.75) is 33.1 Å². The minimum atomic E-state index is -0.943. The summed E-state index contributed by atoms with van der Waals surface area (Å²) in [5.41, 5.74) is -1.03. The summed E-state index contributed by atoms with van der Waals surface area (Å²) in [7, 11) is 0. The Labute approximate surface area is 236 Å². The van der Waals surface area contributed by atoms with Gasteiger partial charge in [0.2, 0.25) is 11.6 Å². The van der Waals surface area contributed by atoms with Crippen molar-refractivity contribution in [3.05, 3.63) is 47.5 Å². The predicted octanol–water partition coefficient (Wildman–Crippen LogP) is 4.32. The normalized spacial score (nSPS) is 27.5. The lowest BCUT2D eigenvalue weighted by Gasteiger charge is -2.26. The molecule has 2 saturated carbocycles. The smallest absolute Gasteiger partial charge is 0.365 e. The third kappa shape index (κ3) is 4.81. The largest absolute Gasteiger partial charge is 0.493 e. The van der Waals surface area contributed by atoms with Crippen LogP contribution < -0.4 is 18.9 Å². The van der Waals surface area contributed by atoms with Crippen LogP contribution in [0, 0.1) is 46.3 Å². The van der Waals surface area contributed by atoms with Gasteiger partial charge in [0.1, 0.15) is 23.0 Å². The molecule has 2 heterocycles. The van der Waals surface area contributed by atoms with Crippen LogP contribution in [0.2, 0.25) is 0 Å². The average Bonchev–Trinajstić information content (AvgIpc) is 3.52. The van der Waals surface area contributed by atoms with E-state index in [4.69, 9.17) is 29.8 Å². The van der Waals surface area contributed by atoms with Gasteiger partial charge in [-0.25, -0.2) is 9.59 Å². The molecule has 0 radical (unpaired) electrons. The summed E-state index contributed by atoms with van der Waals surface area (Å²) in [6, 6.07) is 9.49. The summed E-state index contributed by atoms with van der Waals surface area (Å²) >= 11 is 0. The van der Waals surface area contributed by atoms with Crippen LogP contribution in [0.4, 0.5) is 0 Å². The Kier molecular flexibility index (Phi) is 6.71. The molecule has 2 aromatic carbocycles. The summed E-state index contributed by atoms with van der Waals surface area (Å²) in [6.45, 7) is 5.50. The van der Waals surface area contributed by atoms with E-state index < -0.39 is 34.9 Å². The Morgan fingerprint density at radius 2 is 1.34 bits per heavy atom. The molecule has 0 amide bonds. The number of carbonyl (C=O) groups is 4. The maximum Gasteiger partial charge on any atom is 0.365 e. The Morgan fingerprint density at radius 3 is 1.93 bits per heavy atom. The molecule has 0 saturated heterocycles.